The Morgan fingerprint density at radius 3 is 1.40 bits per heavy atom. The lowest BCUT2D eigenvalue weighted by Crippen LogP contribution is -2.50. The van der Waals surface area contributed by atoms with E-state index in [-0.39, 0.29) is 37.6 Å². The van der Waals surface area contributed by atoms with E-state index in [9.17, 15) is 10.2 Å². The zero-order valence-corrected chi connectivity index (χ0v) is 14.9. The summed E-state index contributed by atoms with van der Waals surface area (Å²) in [5, 5.41) is 22.4. The van der Waals surface area contributed by atoms with E-state index in [1.165, 1.54) is 0 Å². The predicted octanol–water partition coefficient (Wildman–Crippen LogP) is -0.949. The number of aliphatic hydroxyl groups is 2. The molecule has 0 aliphatic carbocycles. The smallest absolute Gasteiger partial charge is 0.164 e. The number of hydrogen-bond acceptors (Lipinski definition) is 9. The molecule has 0 radical (unpaired) electrons. The largest absolute Gasteiger partial charge is 0.394 e. The van der Waals surface area contributed by atoms with Gasteiger partial charge in [-0.05, 0) is 27.7 Å². The summed E-state index contributed by atoms with van der Waals surface area (Å²) < 4.78 is 35.3. The lowest BCUT2D eigenvalue weighted by Gasteiger charge is -2.28. The van der Waals surface area contributed by atoms with Gasteiger partial charge in [0.25, 0.3) is 0 Å². The van der Waals surface area contributed by atoms with E-state index in [1.54, 1.807) is 0 Å². The third-order valence-corrected chi connectivity index (χ3v) is 4.99. The maximum atomic E-state index is 9.56. The molecule has 25 heavy (non-hydrogen) atoms. The second-order valence-corrected chi connectivity index (χ2v) is 7.85. The Balaban J connectivity index is 1.48. The molecule has 0 aromatic heterocycles. The second-order valence-electron chi connectivity index (χ2n) is 7.85. The number of fused-ring (bicyclic) bond motifs is 2. The van der Waals surface area contributed by atoms with E-state index in [4.69, 9.17) is 28.4 Å². The molecule has 4 rings (SSSR count). The minimum atomic E-state index is -0.742. The van der Waals surface area contributed by atoms with E-state index in [1.807, 2.05) is 27.7 Å². The van der Waals surface area contributed by atoms with Crippen molar-refractivity contribution in [2.75, 3.05) is 13.2 Å². The summed E-state index contributed by atoms with van der Waals surface area (Å²) in [5.74, 6) is -1.48. The molecular weight excluding hydrogens is 334 g/mol. The highest BCUT2D eigenvalue weighted by Crippen LogP contribution is 2.41. The van der Waals surface area contributed by atoms with Crippen LogP contribution < -0.4 is 5.32 Å². The molecule has 9 heteroatoms. The Bertz CT molecular complexity index is 470. The van der Waals surface area contributed by atoms with Gasteiger partial charge in [0, 0.05) is 0 Å². The lowest BCUT2D eigenvalue weighted by molar-refractivity contribution is -0.212. The number of hydrogen-bond donors (Lipinski definition) is 3. The summed E-state index contributed by atoms with van der Waals surface area (Å²) in [6.45, 7) is 6.99. The van der Waals surface area contributed by atoms with Crippen LogP contribution in [-0.2, 0) is 28.4 Å². The molecule has 0 saturated carbocycles. The third kappa shape index (κ3) is 3.11. The summed E-state index contributed by atoms with van der Waals surface area (Å²) in [6, 6.07) is 0. The van der Waals surface area contributed by atoms with Crippen molar-refractivity contribution in [2.24, 2.45) is 0 Å². The van der Waals surface area contributed by atoms with E-state index in [2.05, 4.69) is 5.32 Å². The Labute approximate surface area is 146 Å². The highest BCUT2D eigenvalue weighted by atomic mass is 16.8. The van der Waals surface area contributed by atoms with E-state index < -0.39 is 36.2 Å². The maximum absolute atomic E-state index is 9.56. The number of ether oxygens (including phenoxy) is 6. The summed E-state index contributed by atoms with van der Waals surface area (Å²) in [5.41, 5.74) is 0. The van der Waals surface area contributed by atoms with Crippen molar-refractivity contribution < 1.29 is 38.6 Å². The highest BCUT2D eigenvalue weighted by molar-refractivity contribution is 5.01. The van der Waals surface area contributed by atoms with Crippen LogP contribution in [0.15, 0.2) is 0 Å². The van der Waals surface area contributed by atoms with Crippen LogP contribution in [0.2, 0.25) is 0 Å². The van der Waals surface area contributed by atoms with Gasteiger partial charge >= 0.3 is 0 Å². The molecule has 9 nitrogen and oxygen atoms in total. The number of rotatable bonds is 4. The molecule has 144 valence electrons. The average molecular weight is 361 g/mol. The quantitative estimate of drug-likeness (QED) is 0.584. The molecule has 4 aliphatic heterocycles. The highest BCUT2D eigenvalue weighted by Gasteiger charge is 2.59. The molecule has 0 spiro atoms. The fraction of sp³-hybridized carbons (Fsp3) is 1.00. The second kappa shape index (κ2) is 6.08. The van der Waals surface area contributed by atoms with Crippen molar-refractivity contribution in [1.29, 1.82) is 0 Å². The molecule has 0 amide bonds. The predicted molar refractivity (Wildman–Crippen MR) is 82.3 cm³/mol. The molecular formula is C16H27NO8. The first-order valence-corrected chi connectivity index (χ1v) is 8.73. The number of nitrogens with one attached hydrogen (secondary N) is 1. The molecule has 0 bridgehead atoms. The van der Waals surface area contributed by atoms with E-state index in [0.717, 1.165) is 0 Å². The average Bonchev–Trinajstić information content (AvgIpc) is 3.18. The third-order valence-electron chi connectivity index (χ3n) is 4.99. The van der Waals surface area contributed by atoms with Crippen molar-refractivity contribution in [3.63, 3.8) is 0 Å². The molecule has 4 heterocycles. The molecule has 8 atom stereocenters. The van der Waals surface area contributed by atoms with Gasteiger partial charge in [-0.15, -0.1) is 0 Å². The first kappa shape index (κ1) is 18.0. The minimum Gasteiger partial charge on any atom is -0.394 e. The van der Waals surface area contributed by atoms with Gasteiger partial charge in [0.2, 0.25) is 0 Å². The van der Waals surface area contributed by atoms with Crippen LogP contribution in [0, 0.1) is 0 Å². The first-order chi connectivity index (χ1) is 11.7. The van der Waals surface area contributed by atoms with Crippen LogP contribution in [-0.4, -0.2) is 84.1 Å². The van der Waals surface area contributed by atoms with Crippen LogP contribution in [0.1, 0.15) is 27.7 Å². The van der Waals surface area contributed by atoms with Gasteiger partial charge in [-0.1, -0.05) is 0 Å². The van der Waals surface area contributed by atoms with Crippen molar-refractivity contribution in [1.82, 2.24) is 5.32 Å². The molecule has 0 aromatic rings. The standard InChI is InChI=1S/C16H27NO8/c1-15(2)22-9-7(5-18)20-13(11(9)24-15)17-14-12-10(8(6-19)21-14)23-16(3,4)25-12/h7-14,17-19H,5-6H2,1-4H3/t7-,8+,9-,10-,11-,12-,13+,14-/m0/s1. The van der Waals surface area contributed by atoms with Gasteiger partial charge in [0.1, 0.15) is 49.1 Å². The maximum Gasteiger partial charge on any atom is 0.164 e. The van der Waals surface area contributed by atoms with E-state index >= 15 is 0 Å². The Hall–Kier alpha value is -0.360. The molecule has 0 unspecified atom stereocenters. The topological polar surface area (TPSA) is 108 Å². The SMILES string of the molecule is CC1(C)O[C@@H]2[C@H](O1)[C@H](N[C@H]1O[C@H](CO)[C@@H]3OC(C)(C)O[C@@H]31)O[C@H]2CO. The van der Waals surface area contributed by atoms with Crippen molar-refractivity contribution >= 4 is 0 Å². The van der Waals surface area contributed by atoms with Crippen molar-refractivity contribution in [3.05, 3.63) is 0 Å². The van der Waals surface area contributed by atoms with Gasteiger partial charge in [-0.3, -0.25) is 5.32 Å². The Morgan fingerprint density at radius 1 is 0.680 bits per heavy atom. The van der Waals surface area contributed by atoms with Crippen LogP contribution in [0.5, 0.6) is 0 Å². The van der Waals surface area contributed by atoms with E-state index in [0.29, 0.717) is 0 Å². The van der Waals surface area contributed by atoms with Gasteiger partial charge < -0.3 is 38.6 Å². The van der Waals surface area contributed by atoms with Crippen LogP contribution in [0.25, 0.3) is 0 Å². The fourth-order valence-electron chi connectivity index (χ4n) is 4.09. The molecule has 4 aliphatic rings. The first-order valence-electron chi connectivity index (χ1n) is 8.73. The number of aliphatic hydroxyl groups excluding tert-OH is 2. The van der Waals surface area contributed by atoms with Gasteiger partial charge in [0.05, 0.1) is 13.2 Å². The lowest BCUT2D eigenvalue weighted by atomic mass is 10.1. The summed E-state index contributed by atoms with van der Waals surface area (Å²) >= 11 is 0. The normalized spacial score (nSPS) is 50.2. The monoisotopic (exact) mass is 361 g/mol. The zero-order chi connectivity index (χ0) is 18.0. The Kier molecular flexibility index (Phi) is 4.38. The molecule has 4 fully saturated rings. The molecule has 0 aromatic carbocycles. The molecule has 3 N–H and O–H groups in total. The van der Waals surface area contributed by atoms with Crippen molar-refractivity contribution in [3.8, 4) is 0 Å². The van der Waals surface area contributed by atoms with Crippen LogP contribution in [0.4, 0.5) is 0 Å². The fourth-order valence-corrected chi connectivity index (χ4v) is 4.09. The summed E-state index contributed by atoms with van der Waals surface area (Å²) in [4.78, 5) is 0. The summed E-state index contributed by atoms with van der Waals surface area (Å²) in [7, 11) is 0. The zero-order valence-electron chi connectivity index (χ0n) is 14.9. The van der Waals surface area contributed by atoms with Gasteiger partial charge in [-0.2, -0.15) is 0 Å². The summed E-state index contributed by atoms with van der Waals surface area (Å²) in [6.07, 6.45) is -3.49. The van der Waals surface area contributed by atoms with Gasteiger partial charge in [0.15, 0.2) is 11.6 Å². The van der Waals surface area contributed by atoms with Crippen LogP contribution in [0.3, 0.4) is 0 Å². The van der Waals surface area contributed by atoms with Gasteiger partial charge in [-0.25, -0.2) is 0 Å². The minimum absolute atomic E-state index is 0.164. The van der Waals surface area contributed by atoms with Crippen LogP contribution >= 0.6 is 0 Å². The molecule has 4 saturated heterocycles. The Morgan fingerprint density at radius 2 is 1.04 bits per heavy atom. The van der Waals surface area contributed by atoms with Crippen molar-refractivity contribution in [2.45, 2.75) is 88.3 Å².